The van der Waals surface area contributed by atoms with Crippen molar-refractivity contribution in [3.63, 3.8) is 0 Å². The van der Waals surface area contributed by atoms with E-state index in [9.17, 15) is 4.79 Å². The van der Waals surface area contributed by atoms with Crippen LogP contribution >= 0.6 is 27.3 Å². The third kappa shape index (κ3) is 5.51. The highest BCUT2D eigenvalue weighted by molar-refractivity contribution is 9.10. The topological polar surface area (TPSA) is 41.1 Å². The molecule has 1 heterocycles. The lowest BCUT2D eigenvalue weighted by molar-refractivity contribution is 0.235. The molecule has 1 rings (SSSR count). The molecule has 0 radical (unpaired) electrons. The number of nitrogens with one attached hydrogen (secondary N) is 2. The second-order valence-electron chi connectivity index (χ2n) is 4.83. The van der Waals surface area contributed by atoms with Crippen LogP contribution in [0.1, 0.15) is 25.6 Å². The molecule has 3 nitrogen and oxygen atoms in total. The van der Waals surface area contributed by atoms with E-state index in [1.165, 1.54) is 0 Å². The number of carbonyl (C=O) groups excluding carboxylic acids is 1. The van der Waals surface area contributed by atoms with Crippen LogP contribution in [0.4, 0.5) is 4.79 Å². The molecule has 0 aromatic carbocycles. The summed E-state index contributed by atoms with van der Waals surface area (Å²) in [4.78, 5) is 12.6. The number of carbonyl (C=O) groups is 1. The molecule has 1 aromatic rings. The minimum Gasteiger partial charge on any atom is -0.338 e. The molecule has 0 bridgehead atoms. The Morgan fingerprint density at radius 3 is 2.62 bits per heavy atom. The van der Waals surface area contributed by atoms with Crippen molar-refractivity contribution in [2.45, 2.75) is 27.3 Å². The van der Waals surface area contributed by atoms with Crippen LogP contribution in [0.5, 0.6) is 0 Å². The van der Waals surface area contributed by atoms with Crippen LogP contribution in [0.15, 0.2) is 15.9 Å². The lowest BCUT2D eigenvalue weighted by Crippen LogP contribution is -2.39. The minimum atomic E-state index is -0.112. The normalized spacial score (nSPS) is 11.2. The van der Waals surface area contributed by atoms with Gasteiger partial charge >= 0.3 is 6.03 Å². The molecular formula is C11H17BrN2OS. The van der Waals surface area contributed by atoms with Gasteiger partial charge in [-0.3, -0.25) is 0 Å². The van der Waals surface area contributed by atoms with Gasteiger partial charge in [-0.25, -0.2) is 4.79 Å². The predicted octanol–water partition coefficient (Wildman–Crippen LogP) is 3.36. The Bertz CT molecular complexity index is 357. The second kappa shape index (κ2) is 5.68. The monoisotopic (exact) mass is 304 g/mol. The van der Waals surface area contributed by atoms with Crippen LogP contribution in [0.25, 0.3) is 0 Å². The molecule has 0 saturated heterocycles. The summed E-state index contributed by atoms with van der Waals surface area (Å²) >= 11 is 5.00. The summed E-state index contributed by atoms with van der Waals surface area (Å²) in [6.45, 7) is 7.51. The van der Waals surface area contributed by atoms with Gasteiger partial charge in [0.2, 0.25) is 0 Å². The summed E-state index contributed by atoms with van der Waals surface area (Å²) in [5, 5.41) is 7.67. The molecule has 0 atom stereocenters. The Morgan fingerprint density at radius 1 is 1.44 bits per heavy atom. The molecule has 1 aromatic heterocycles. The summed E-state index contributed by atoms with van der Waals surface area (Å²) < 4.78 is 1.06. The van der Waals surface area contributed by atoms with E-state index in [0.717, 1.165) is 9.35 Å². The van der Waals surface area contributed by atoms with E-state index in [1.807, 2.05) is 11.4 Å². The molecule has 5 heteroatoms. The zero-order chi connectivity index (χ0) is 12.2. The molecule has 16 heavy (non-hydrogen) atoms. The number of rotatable bonds is 3. The molecule has 0 saturated carbocycles. The number of thiophene rings is 1. The first-order chi connectivity index (χ1) is 7.37. The van der Waals surface area contributed by atoms with Gasteiger partial charge in [0.05, 0.1) is 6.54 Å². The van der Waals surface area contributed by atoms with Crippen LogP contribution in [0.2, 0.25) is 0 Å². The lowest BCUT2D eigenvalue weighted by Gasteiger charge is -2.18. The standard InChI is InChI=1S/C11H17BrN2OS/c1-11(2,3)7-14-10(15)13-5-9-4-8(12)6-16-9/h4,6H,5,7H2,1-3H3,(H2,13,14,15). The summed E-state index contributed by atoms with van der Waals surface area (Å²) in [7, 11) is 0. The van der Waals surface area contributed by atoms with Gasteiger partial charge < -0.3 is 10.6 Å². The molecule has 0 aliphatic rings. The van der Waals surface area contributed by atoms with E-state index in [1.54, 1.807) is 11.3 Å². The quantitative estimate of drug-likeness (QED) is 0.883. The molecule has 2 amide bonds. The second-order valence-corrected chi connectivity index (χ2v) is 6.74. The van der Waals surface area contributed by atoms with E-state index < -0.39 is 0 Å². The average molecular weight is 305 g/mol. The van der Waals surface area contributed by atoms with Gasteiger partial charge in [0.15, 0.2) is 0 Å². The van der Waals surface area contributed by atoms with E-state index in [-0.39, 0.29) is 11.4 Å². The van der Waals surface area contributed by atoms with Crippen molar-refractivity contribution >= 4 is 33.3 Å². The van der Waals surface area contributed by atoms with Crippen molar-refractivity contribution in [1.82, 2.24) is 10.6 Å². The van der Waals surface area contributed by atoms with Crippen LogP contribution in [0.3, 0.4) is 0 Å². The van der Waals surface area contributed by atoms with Gasteiger partial charge in [-0.05, 0) is 27.4 Å². The molecule has 2 N–H and O–H groups in total. The molecular weight excluding hydrogens is 288 g/mol. The molecule has 0 fully saturated rings. The Labute approximate surface area is 109 Å². The van der Waals surface area contributed by atoms with Crippen LogP contribution < -0.4 is 10.6 Å². The lowest BCUT2D eigenvalue weighted by atomic mass is 9.97. The number of hydrogen-bond donors (Lipinski definition) is 2. The number of hydrogen-bond acceptors (Lipinski definition) is 2. The van der Waals surface area contributed by atoms with E-state index >= 15 is 0 Å². The number of halogens is 1. The first-order valence-corrected chi connectivity index (χ1v) is 6.79. The predicted molar refractivity (Wildman–Crippen MR) is 71.7 cm³/mol. The maximum Gasteiger partial charge on any atom is 0.315 e. The Balaban J connectivity index is 2.25. The molecule has 0 unspecified atom stereocenters. The van der Waals surface area contributed by atoms with Crippen LogP contribution in [-0.4, -0.2) is 12.6 Å². The fraction of sp³-hybridized carbons (Fsp3) is 0.545. The van der Waals surface area contributed by atoms with Crippen molar-refractivity contribution < 1.29 is 4.79 Å². The van der Waals surface area contributed by atoms with Crippen molar-refractivity contribution in [1.29, 1.82) is 0 Å². The van der Waals surface area contributed by atoms with E-state index in [2.05, 4.69) is 47.3 Å². The summed E-state index contributed by atoms with van der Waals surface area (Å²) in [6, 6.07) is 1.90. The molecule has 0 aliphatic carbocycles. The highest BCUT2D eigenvalue weighted by atomic mass is 79.9. The summed E-state index contributed by atoms with van der Waals surface area (Å²) in [5.74, 6) is 0. The average Bonchev–Trinajstić information content (AvgIpc) is 2.57. The third-order valence-corrected chi connectivity index (χ3v) is 3.52. The SMILES string of the molecule is CC(C)(C)CNC(=O)NCc1cc(Br)cs1. The van der Waals surface area contributed by atoms with Gasteiger partial charge in [0.1, 0.15) is 0 Å². The van der Waals surface area contributed by atoms with Crippen LogP contribution in [-0.2, 0) is 6.54 Å². The fourth-order valence-electron chi connectivity index (χ4n) is 1.02. The zero-order valence-corrected chi connectivity index (χ0v) is 12.2. The molecule has 0 spiro atoms. The smallest absolute Gasteiger partial charge is 0.315 e. The first kappa shape index (κ1) is 13.5. The highest BCUT2D eigenvalue weighted by Crippen LogP contribution is 2.19. The highest BCUT2D eigenvalue weighted by Gasteiger charge is 2.11. The molecule has 0 aliphatic heterocycles. The largest absolute Gasteiger partial charge is 0.338 e. The third-order valence-electron chi connectivity index (χ3n) is 1.82. The minimum absolute atomic E-state index is 0.112. The summed E-state index contributed by atoms with van der Waals surface area (Å²) in [5.41, 5.74) is 0.114. The number of urea groups is 1. The Kier molecular flexibility index (Phi) is 4.80. The first-order valence-electron chi connectivity index (χ1n) is 5.11. The van der Waals surface area contributed by atoms with Gasteiger partial charge in [-0.1, -0.05) is 20.8 Å². The van der Waals surface area contributed by atoms with Crippen molar-refractivity contribution in [3.8, 4) is 0 Å². The van der Waals surface area contributed by atoms with Crippen LogP contribution in [0, 0.1) is 5.41 Å². The zero-order valence-electron chi connectivity index (χ0n) is 9.76. The van der Waals surface area contributed by atoms with Crippen molar-refractivity contribution in [2.75, 3.05) is 6.54 Å². The van der Waals surface area contributed by atoms with Gasteiger partial charge in [-0.2, -0.15) is 0 Å². The van der Waals surface area contributed by atoms with E-state index in [4.69, 9.17) is 0 Å². The maximum atomic E-state index is 11.4. The fourth-order valence-corrected chi connectivity index (χ4v) is 2.41. The van der Waals surface area contributed by atoms with Crippen molar-refractivity contribution in [3.05, 3.63) is 20.8 Å². The Hall–Kier alpha value is -0.550. The van der Waals surface area contributed by atoms with Gasteiger partial charge in [0, 0.05) is 21.3 Å². The van der Waals surface area contributed by atoms with Crippen molar-refractivity contribution in [2.24, 2.45) is 5.41 Å². The van der Waals surface area contributed by atoms with E-state index in [0.29, 0.717) is 13.1 Å². The van der Waals surface area contributed by atoms with Gasteiger partial charge in [-0.15, -0.1) is 11.3 Å². The Morgan fingerprint density at radius 2 is 2.12 bits per heavy atom. The maximum absolute atomic E-state index is 11.4. The number of amides is 2. The summed E-state index contributed by atoms with van der Waals surface area (Å²) in [6.07, 6.45) is 0. The van der Waals surface area contributed by atoms with Gasteiger partial charge in [0.25, 0.3) is 0 Å². The molecule has 90 valence electrons.